The Morgan fingerprint density at radius 2 is 1.82 bits per heavy atom. The molecule has 0 bridgehead atoms. The summed E-state index contributed by atoms with van der Waals surface area (Å²) in [5.74, 6) is -2.94. The molecule has 1 aromatic heterocycles. The van der Waals surface area contributed by atoms with Crippen LogP contribution in [-0.4, -0.2) is 71.8 Å². The lowest BCUT2D eigenvalue weighted by molar-refractivity contribution is -0.129. The van der Waals surface area contributed by atoms with Gasteiger partial charge < -0.3 is 16.0 Å². The molecule has 44 heavy (non-hydrogen) atoms. The number of halogens is 2. The minimum atomic E-state index is -2.65. The van der Waals surface area contributed by atoms with E-state index in [2.05, 4.69) is 48.5 Å². The Bertz CT molecular complexity index is 1310. The van der Waals surface area contributed by atoms with Gasteiger partial charge >= 0.3 is 0 Å². The number of alkyl halides is 2. The Labute approximate surface area is 263 Å². The van der Waals surface area contributed by atoms with Gasteiger partial charge in [-0.05, 0) is 42.4 Å². The number of carbonyl (C=O) groups is 3. The van der Waals surface area contributed by atoms with Crippen molar-refractivity contribution in [3.63, 3.8) is 0 Å². The number of nitrogens with one attached hydrogen (secondary N) is 3. The van der Waals surface area contributed by atoms with Crippen molar-refractivity contribution in [1.82, 2.24) is 25.8 Å². The summed E-state index contributed by atoms with van der Waals surface area (Å²) in [4.78, 5) is 45.8. The molecule has 1 aromatic carbocycles. The molecule has 242 valence electrons. The van der Waals surface area contributed by atoms with Crippen molar-refractivity contribution >= 4 is 39.3 Å². The van der Waals surface area contributed by atoms with Crippen LogP contribution < -0.4 is 16.0 Å². The minimum absolute atomic E-state index is 0.185. The number of hydrogen-bond donors (Lipinski definition) is 3. The zero-order chi connectivity index (χ0) is 31.9. The molecule has 0 spiro atoms. The second-order valence-corrected chi connectivity index (χ2v) is 13.7. The van der Waals surface area contributed by atoms with Crippen LogP contribution in [0.5, 0.6) is 0 Å². The Morgan fingerprint density at radius 3 is 2.48 bits per heavy atom. The van der Waals surface area contributed by atoms with Gasteiger partial charge in [-0.25, -0.2) is 13.8 Å². The molecular weight excluding hydrogens is 584 g/mol. The van der Waals surface area contributed by atoms with E-state index in [1.807, 2.05) is 11.0 Å². The lowest BCUT2D eigenvalue weighted by atomic mass is 9.83. The predicted octanol–water partition coefficient (Wildman–Crippen LogP) is 5.33. The van der Waals surface area contributed by atoms with Crippen molar-refractivity contribution in [2.45, 2.75) is 102 Å². The van der Waals surface area contributed by atoms with Gasteiger partial charge in [-0.2, -0.15) is 0 Å². The summed E-state index contributed by atoms with van der Waals surface area (Å²) in [7, 11) is 0. The summed E-state index contributed by atoms with van der Waals surface area (Å²) in [5.41, 5.74) is 2.41. The molecule has 0 radical (unpaired) electrons. The van der Waals surface area contributed by atoms with Crippen LogP contribution in [0.25, 0.3) is 10.2 Å². The molecule has 1 aliphatic heterocycles. The molecule has 3 amide bonds. The molecule has 2 aromatic rings. The van der Waals surface area contributed by atoms with Crippen molar-refractivity contribution in [3.05, 3.63) is 40.9 Å². The molecule has 2 fully saturated rings. The first-order valence-electron chi connectivity index (χ1n) is 16.0. The molecule has 1 saturated carbocycles. The molecule has 11 heteroatoms. The van der Waals surface area contributed by atoms with Crippen molar-refractivity contribution in [1.29, 1.82) is 0 Å². The van der Waals surface area contributed by atoms with E-state index in [1.165, 1.54) is 16.9 Å². The summed E-state index contributed by atoms with van der Waals surface area (Å²) in [6.07, 6.45) is 5.20. The number of benzene rings is 1. The van der Waals surface area contributed by atoms with Gasteiger partial charge in [0.1, 0.15) is 6.04 Å². The SMILES string of the molecule is C=C(CN1CCC(F)(F)CC1)C(=O)NCC(NC(=O)C(Cc1nc2ccc(C(C)C)cc2s1)NC(=O)CC)C1CCCCC1. The molecule has 2 atom stereocenters. The lowest BCUT2D eigenvalue weighted by Gasteiger charge is -2.33. The van der Waals surface area contributed by atoms with Crippen LogP contribution in [0.15, 0.2) is 30.4 Å². The van der Waals surface area contributed by atoms with Gasteiger partial charge in [-0.1, -0.05) is 52.7 Å². The van der Waals surface area contributed by atoms with Crippen LogP contribution >= 0.6 is 11.3 Å². The number of hydrogen-bond acceptors (Lipinski definition) is 6. The fraction of sp³-hybridized carbons (Fsp3) is 0.636. The van der Waals surface area contributed by atoms with Gasteiger partial charge in [0.2, 0.25) is 17.7 Å². The third-order valence-electron chi connectivity index (χ3n) is 8.83. The number of rotatable bonds is 13. The summed E-state index contributed by atoms with van der Waals surface area (Å²) in [6, 6.07) is 5.08. The van der Waals surface area contributed by atoms with Crippen LogP contribution in [0.2, 0.25) is 0 Å². The van der Waals surface area contributed by atoms with E-state index >= 15 is 0 Å². The van der Waals surface area contributed by atoms with E-state index in [0.717, 1.165) is 47.3 Å². The van der Waals surface area contributed by atoms with Crippen molar-refractivity contribution in [3.8, 4) is 0 Å². The van der Waals surface area contributed by atoms with E-state index in [-0.39, 0.29) is 81.5 Å². The second-order valence-electron chi connectivity index (χ2n) is 12.6. The normalized spacial score (nSPS) is 19.0. The molecule has 3 N–H and O–H groups in total. The van der Waals surface area contributed by atoms with Crippen molar-refractivity contribution < 1.29 is 23.2 Å². The Morgan fingerprint density at radius 1 is 1.11 bits per heavy atom. The summed E-state index contributed by atoms with van der Waals surface area (Å²) < 4.78 is 28.1. The van der Waals surface area contributed by atoms with Crippen LogP contribution in [-0.2, 0) is 20.8 Å². The average molecular weight is 632 g/mol. The van der Waals surface area contributed by atoms with Gasteiger partial charge in [0.05, 0.1) is 15.2 Å². The highest BCUT2D eigenvalue weighted by molar-refractivity contribution is 7.18. The molecule has 4 rings (SSSR count). The first-order chi connectivity index (χ1) is 20.9. The summed E-state index contributed by atoms with van der Waals surface area (Å²) >= 11 is 1.53. The number of amides is 3. The maximum atomic E-state index is 13.8. The zero-order valence-corrected chi connectivity index (χ0v) is 27.0. The van der Waals surface area contributed by atoms with Crippen LogP contribution in [0.3, 0.4) is 0 Å². The Hall–Kier alpha value is -2.92. The Balaban J connectivity index is 1.42. The molecule has 2 heterocycles. The van der Waals surface area contributed by atoms with Crippen molar-refractivity contribution in [2.24, 2.45) is 5.92 Å². The number of nitrogens with zero attached hydrogens (tertiary/aromatic N) is 2. The van der Waals surface area contributed by atoms with Crippen molar-refractivity contribution in [2.75, 3.05) is 26.2 Å². The topological polar surface area (TPSA) is 103 Å². The Kier molecular flexibility index (Phi) is 11.9. The first kappa shape index (κ1) is 34.0. The van der Waals surface area contributed by atoms with Crippen LogP contribution in [0, 0.1) is 5.92 Å². The highest BCUT2D eigenvalue weighted by Gasteiger charge is 2.34. The molecule has 8 nitrogen and oxygen atoms in total. The van der Waals surface area contributed by atoms with Crippen LogP contribution in [0.4, 0.5) is 8.78 Å². The summed E-state index contributed by atoms with van der Waals surface area (Å²) in [5, 5.41) is 9.76. The summed E-state index contributed by atoms with van der Waals surface area (Å²) in [6.45, 7) is 10.8. The second kappa shape index (κ2) is 15.4. The fourth-order valence-electron chi connectivity index (χ4n) is 5.98. The minimum Gasteiger partial charge on any atom is -0.350 e. The molecule has 2 aliphatic rings. The molecule has 1 saturated heterocycles. The van der Waals surface area contributed by atoms with E-state index in [9.17, 15) is 23.2 Å². The monoisotopic (exact) mass is 631 g/mol. The zero-order valence-electron chi connectivity index (χ0n) is 26.2. The van der Waals surface area contributed by atoms with Gasteiger partial charge in [0.15, 0.2) is 0 Å². The molecule has 1 aliphatic carbocycles. The van der Waals surface area contributed by atoms with E-state index in [0.29, 0.717) is 11.5 Å². The third kappa shape index (κ3) is 9.54. The average Bonchev–Trinajstić information content (AvgIpc) is 3.41. The first-order valence-corrected chi connectivity index (χ1v) is 16.8. The number of aromatic nitrogens is 1. The number of piperidine rings is 1. The van der Waals surface area contributed by atoms with Gasteiger partial charge in [-0.3, -0.25) is 19.3 Å². The predicted molar refractivity (Wildman–Crippen MR) is 171 cm³/mol. The van der Waals surface area contributed by atoms with E-state index in [4.69, 9.17) is 4.98 Å². The van der Waals surface area contributed by atoms with Gasteiger partial charge in [0, 0.05) is 63.5 Å². The fourth-order valence-corrected chi connectivity index (χ4v) is 7.04. The highest BCUT2D eigenvalue weighted by Crippen LogP contribution is 2.29. The number of fused-ring (bicyclic) bond motifs is 1. The lowest BCUT2D eigenvalue weighted by Crippen LogP contribution is -2.55. The molecular formula is C33H47F2N5O3S. The number of thiazole rings is 1. The maximum Gasteiger partial charge on any atom is 0.250 e. The number of likely N-dealkylation sites (tertiary alicyclic amines) is 1. The van der Waals surface area contributed by atoms with E-state index < -0.39 is 12.0 Å². The smallest absolute Gasteiger partial charge is 0.250 e. The highest BCUT2D eigenvalue weighted by atomic mass is 32.1. The van der Waals surface area contributed by atoms with Gasteiger partial charge in [0.25, 0.3) is 5.92 Å². The number of carbonyl (C=O) groups excluding carboxylic acids is 3. The molecule has 2 unspecified atom stereocenters. The maximum absolute atomic E-state index is 13.8. The van der Waals surface area contributed by atoms with Gasteiger partial charge in [-0.15, -0.1) is 11.3 Å². The largest absolute Gasteiger partial charge is 0.350 e. The third-order valence-corrected chi connectivity index (χ3v) is 9.87. The standard InChI is InChI=1S/C33H47F2N5O3S/c1-5-29(41)37-26(18-30-38-25-12-11-24(21(2)3)17-28(25)44-30)32(43)39-27(23-9-7-6-8-10-23)19-36-31(42)22(4)20-40-15-13-33(34,35)14-16-40/h11-12,17,21,23,26-27H,4-10,13-16,18-20H2,1-3H3,(H,36,42)(H,37,41)(H,39,43). The van der Waals surface area contributed by atoms with E-state index in [1.54, 1.807) is 6.92 Å². The van der Waals surface area contributed by atoms with Crippen LogP contribution in [0.1, 0.15) is 88.6 Å². The quantitative estimate of drug-likeness (QED) is 0.260.